The van der Waals surface area contributed by atoms with Crippen LogP contribution in [0.4, 0.5) is 0 Å². The summed E-state index contributed by atoms with van der Waals surface area (Å²) in [5, 5.41) is 3.61. The number of unbranched alkanes of at least 4 members (excludes halogenated alkanes) is 3. The highest BCUT2D eigenvalue weighted by atomic mass is 14.9. The molecule has 86 valence electrons. The van der Waals surface area contributed by atoms with Gasteiger partial charge in [0.2, 0.25) is 0 Å². The summed E-state index contributed by atoms with van der Waals surface area (Å²) >= 11 is 0. The zero-order chi connectivity index (χ0) is 10.8. The lowest BCUT2D eigenvalue weighted by Crippen LogP contribution is -2.34. The van der Waals surface area contributed by atoms with Gasteiger partial charge in [-0.1, -0.05) is 59.8 Å². The molecule has 0 aliphatic rings. The minimum absolute atomic E-state index is 0.752. The minimum atomic E-state index is 0.752. The average molecular weight is 199 g/mol. The maximum Gasteiger partial charge on any atom is 0.00924 e. The van der Waals surface area contributed by atoms with Gasteiger partial charge < -0.3 is 5.32 Å². The third kappa shape index (κ3) is 6.42. The number of nitrogens with one attached hydrogen (secondary N) is 1. The van der Waals surface area contributed by atoms with Crippen LogP contribution in [0.15, 0.2) is 0 Å². The van der Waals surface area contributed by atoms with Crippen LogP contribution in [0.5, 0.6) is 0 Å². The van der Waals surface area contributed by atoms with Crippen molar-refractivity contribution in [2.45, 2.75) is 72.3 Å². The summed E-state index contributed by atoms with van der Waals surface area (Å²) < 4.78 is 0. The van der Waals surface area contributed by atoms with E-state index in [1.54, 1.807) is 0 Å². The lowest BCUT2D eigenvalue weighted by atomic mass is 9.94. The zero-order valence-electron chi connectivity index (χ0n) is 10.6. The van der Waals surface area contributed by atoms with Crippen molar-refractivity contribution in [2.24, 2.45) is 5.92 Å². The maximum atomic E-state index is 3.61. The first kappa shape index (κ1) is 14.0. The molecule has 0 bridgehead atoms. The quantitative estimate of drug-likeness (QED) is 0.554. The monoisotopic (exact) mass is 199 g/mol. The molecule has 0 radical (unpaired) electrons. The second kappa shape index (κ2) is 9.51. The lowest BCUT2D eigenvalue weighted by molar-refractivity contribution is 0.343. The van der Waals surface area contributed by atoms with Crippen LogP contribution < -0.4 is 5.32 Å². The fourth-order valence-corrected chi connectivity index (χ4v) is 1.93. The molecular weight excluding hydrogens is 170 g/mol. The Bertz CT molecular complexity index is 112. The van der Waals surface area contributed by atoms with Gasteiger partial charge in [0.15, 0.2) is 0 Å². The standard InChI is InChI=1S/C13H29N/c1-5-8-9-10-11-13(14-7-3)12(4)6-2/h12-14H,5-11H2,1-4H3. The summed E-state index contributed by atoms with van der Waals surface area (Å²) in [7, 11) is 0. The molecule has 14 heavy (non-hydrogen) atoms. The normalized spacial score (nSPS) is 15.4. The van der Waals surface area contributed by atoms with Crippen LogP contribution in [-0.4, -0.2) is 12.6 Å². The molecule has 0 heterocycles. The van der Waals surface area contributed by atoms with E-state index in [2.05, 4.69) is 33.0 Å². The van der Waals surface area contributed by atoms with Crippen molar-refractivity contribution in [3.8, 4) is 0 Å². The molecule has 0 fully saturated rings. The summed E-state index contributed by atoms with van der Waals surface area (Å²) in [6.07, 6.45) is 8.22. The van der Waals surface area contributed by atoms with Gasteiger partial charge in [-0.05, 0) is 18.9 Å². The Morgan fingerprint density at radius 1 is 1.00 bits per heavy atom. The molecule has 0 amide bonds. The third-order valence-corrected chi connectivity index (χ3v) is 3.17. The van der Waals surface area contributed by atoms with Crippen molar-refractivity contribution >= 4 is 0 Å². The lowest BCUT2D eigenvalue weighted by Gasteiger charge is -2.23. The Kier molecular flexibility index (Phi) is 9.49. The predicted molar refractivity (Wildman–Crippen MR) is 65.7 cm³/mol. The first-order valence-corrected chi connectivity index (χ1v) is 6.49. The van der Waals surface area contributed by atoms with Gasteiger partial charge in [0.25, 0.3) is 0 Å². The first-order chi connectivity index (χ1) is 6.76. The van der Waals surface area contributed by atoms with Crippen LogP contribution >= 0.6 is 0 Å². The topological polar surface area (TPSA) is 12.0 Å². The van der Waals surface area contributed by atoms with Crippen LogP contribution in [0, 0.1) is 5.92 Å². The van der Waals surface area contributed by atoms with Crippen LogP contribution in [-0.2, 0) is 0 Å². The summed E-state index contributed by atoms with van der Waals surface area (Å²) in [5.41, 5.74) is 0. The van der Waals surface area contributed by atoms with Crippen LogP contribution in [0.1, 0.15) is 66.2 Å². The summed E-state index contributed by atoms with van der Waals surface area (Å²) in [6.45, 7) is 10.3. The largest absolute Gasteiger partial charge is 0.314 e. The van der Waals surface area contributed by atoms with Crippen molar-refractivity contribution in [3.63, 3.8) is 0 Å². The van der Waals surface area contributed by atoms with Gasteiger partial charge in [0.05, 0.1) is 0 Å². The summed E-state index contributed by atoms with van der Waals surface area (Å²) in [6, 6.07) is 0.752. The molecule has 0 saturated carbocycles. The number of hydrogen-bond acceptors (Lipinski definition) is 1. The SMILES string of the molecule is CCCCCCC(NCC)C(C)CC. The molecule has 0 saturated heterocycles. The van der Waals surface area contributed by atoms with Gasteiger partial charge in [-0.3, -0.25) is 0 Å². The van der Waals surface area contributed by atoms with Gasteiger partial charge in [0, 0.05) is 6.04 Å². The Hall–Kier alpha value is -0.0400. The van der Waals surface area contributed by atoms with Gasteiger partial charge in [-0.25, -0.2) is 0 Å². The molecule has 0 spiro atoms. The minimum Gasteiger partial charge on any atom is -0.314 e. The van der Waals surface area contributed by atoms with Crippen LogP contribution in [0.25, 0.3) is 0 Å². The third-order valence-electron chi connectivity index (χ3n) is 3.17. The molecule has 0 aliphatic heterocycles. The maximum absolute atomic E-state index is 3.61. The molecule has 1 N–H and O–H groups in total. The van der Waals surface area contributed by atoms with E-state index >= 15 is 0 Å². The van der Waals surface area contributed by atoms with Crippen molar-refractivity contribution in [2.75, 3.05) is 6.54 Å². The van der Waals surface area contributed by atoms with Crippen LogP contribution in [0.2, 0.25) is 0 Å². The van der Waals surface area contributed by atoms with Crippen LogP contribution in [0.3, 0.4) is 0 Å². The highest BCUT2D eigenvalue weighted by Gasteiger charge is 2.13. The average Bonchev–Trinajstić information content (AvgIpc) is 2.21. The fraction of sp³-hybridized carbons (Fsp3) is 1.00. The van der Waals surface area contributed by atoms with Gasteiger partial charge >= 0.3 is 0 Å². The Balaban J connectivity index is 3.61. The predicted octanol–water partition coefficient (Wildman–Crippen LogP) is 3.98. The molecule has 0 aromatic rings. The number of rotatable bonds is 9. The van der Waals surface area contributed by atoms with E-state index in [1.165, 1.54) is 38.5 Å². The van der Waals surface area contributed by atoms with E-state index in [4.69, 9.17) is 0 Å². The van der Waals surface area contributed by atoms with E-state index in [0.29, 0.717) is 0 Å². The van der Waals surface area contributed by atoms with Crippen molar-refractivity contribution in [3.05, 3.63) is 0 Å². The smallest absolute Gasteiger partial charge is 0.00924 e. The second-order valence-electron chi connectivity index (χ2n) is 4.40. The molecule has 1 heteroatoms. The summed E-state index contributed by atoms with van der Waals surface area (Å²) in [5.74, 6) is 0.830. The molecule has 0 aromatic carbocycles. The highest BCUT2D eigenvalue weighted by molar-refractivity contribution is 4.71. The van der Waals surface area contributed by atoms with Gasteiger partial charge in [-0.2, -0.15) is 0 Å². The molecule has 0 aliphatic carbocycles. The Labute approximate surface area is 90.7 Å². The van der Waals surface area contributed by atoms with E-state index in [0.717, 1.165) is 18.5 Å². The van der Waals surface area contributed by atoms with Crippen molar-refractivity contribution in [1.82, 2.24) is 5.32 Å². The highest BCUT2D eigenvalue weighted by Crippen LogP contribution is 2.14. The first-order valence-electron chi connectivity index (χ1n) is 6.49. The molecule has 0 rings (SSSR count). The Morgan fingerprint density at radius 3 is 2.21 bits per heavy atom. The second-order valence-corrected chi connectivity index (χ2v) is 4.40. The molecular formula is C13H29N. The molecule has 1 nitrogen and oxygen atoms in total. The van der Waals surface area contributed by atoms with E-state index in [-0.39, 0.29) is 0 Å². The molecule has 0 aromatic heterocycles. The van der Waals surface area contributed by atoms with Gasteiger partial charge in [0.1, 0.15) is 0 Å². The van der Waals surface area contributed by atoms with E-state index in [9.17, 15) is 0 Å². The molecule has 2 unspecified atom stereocenters. The van der Waals surface area contributed by atoms with E-state index in [1.807, 2.05) is 0 Å². The van der Waals surface area contributed by atoms with Crippen molar-refractivity contribution < 1.29 is 0 Å². The Morgan fingerprint density at radius 2 is 1.71 bits per heavy atom. The van der Waals surface area contributed by atoms with Crippen molar-refractivity contribution in [1.29, 1.82) is 0 Å². The number of hydrogen-bond donors (Lipinski definition) is 1. The zero-order valence-corrected chi connectivity index (χ0v) is 10.6. The fourth-order valence-electron chi connectivity index (χ4n) is 1.93. The molecule has 2 atom stereocenters. The van der Waals surface area contributed by atoms with Gasteiger partial charge in [-0.15, -0.1) is 0 Å². The summed E-state index contributed by atoms with van der Waals surface area (Å²) in [4.78, 5) is 0. The van der Waals surface area contributed by atoms with E-state index < -0.39 is 0 Å².